The minimum atomic E-state index is 0.0239. The predicted molar refractivity (Wildman–Crippen MR) is 72.0 cm³/mol. The van der Waals surface area contributed by atoms with Crippen molar-refractivity contribution in [2.24, 2.45) is 0 Å². The molecule has 1 heterocycles. The fourth-order valence-electron chi connectivity index (χ4n) is 2.45. The van der Waals surface area contributed by atoms with E-state index in [1.54, 1.807) is 6.07 Å². The van der Waals surface area contributed by atoms with Crippen molar-refractivity contribution in [1.82, 2.24) is 10.2 Å². The van der Waals surface area contributed by atoms with Gasteiger partial charge in [0, 0.05) is 44.4 Å². The molecule has 1 fully saturated rings. The molecular weight excluding hydrogens is 252 g/mol. The van der Waals surface area contributed by atoms with E-state index < -0.39 is 0 Å². The second kappa shape index (κ2) is 6.38. The van der Waals surface area contributed by atoms with E-state index >= 15 is 0 Å². The summed E-state index contributed by atoms with van der Waals surface area (Å²) in [4.78, 5) is 2.28. The number of aliphatic hydroxyl groups is 1. The van der Waals surface area contributed by atoms with Crippen molar-refractivity contribution in [2.75, 3.05) is 32.8 Å². The molecule has 0 radical (unpaired) electrons. The molecule has 0 aromatic heterocycles. The molecule has 2 rings (SSSR count). The summed E-state index contributed by atoms with van der Waals surface area (Å²) in [5, 5.41) is 23.0. The maximum Gasteiger partial charge on any atom is 0.138 e. The normalized spacial score (nSPS) is 18.8. The van der Waals surface area contributed by atoms with Crippen LogP contribution in [0.4, 0.5) is 0 Å². The van der Waals surface area contributed by atoms with Gasteiger partial charge < -0.3 is 15.5 Å². The second-order valence-corrected chi connectivity index (χ2v) is 4.90. The van der Waals surface area contributed by atoms with Crippen molar-refractivity contribution < 1.29 is 10.2 Å². The topological polar surface area (TPSA) is 55.7 Å². The minimum absolute atomic E-state index is 0.0239. The Bertz CT molecular complexity index is 395. The van der Waals surface area contributed by atoms with Crippen LogP contribution in [-0.4, -0.2) is 47.9 Å². The summed E-state index contributed by atoms with van der Waals surface area (Å²) < 4.78 is 0. The monoisotopic (exact) mass is 270 g/mol. The maximum atomic E-state index is 10.1. The van der Waals surface area contributed by atoms with Gasteiger partial charge in [0.25, 0.3) is 0 Å². The summed E-state index contributed by atoms with van der Waals surface area (Å²) in [6.07, 6.45) is 0.605. The first-order valence-corrected chi connectivity index (χ1v) is 6.65. The summed E-state index contributed by atoms with van der Waals surface area (Å²) in [6, 6.07) is 5.41. The number of nitrogens with zero attached hydrogens (tertiary/aromatic N) is 1. The Balaban J connectivity index is 2.25. The predicted octanol–water partition coefficient (Wildman–Crippen LogP) is 1.37. The van der Waals surface area contributed by atoms with Crippen LogP contribution in [0.25, 0.3) is 0 Å². The lowest BCUT2D eigenvalue weighted by molar-refractivity contribution is 0.139. The average molecular weight is 271 g/mol. The fraction of sp³-hybridized carbons (Fsp3) is 0.538. The number of phenols is 1. The third-order valence-electron chi connectivity index (χ3n) is 3.37. The van der Waals surface area contributed by atoms with Crippen LogP contribution in [0.2, 0.25) is 5.02 Å². The molecule has 100 valence electrons. The second-order valence-electron chi connectivity index (χ2n) is 4.49. The number of aliphatic hydroxyl groups excluding tert-OH is 1. The lowest BCUT2D eigenvalue weighted by Crippen LogP contribution is -2.45. The number of hydrogen-bond donors (Lipinski definition) is 3. The van der Waals surface area contributed by atoms with Crippen LogP contribution in [0.3, 0.4) is 0 Å². The lowest BCUT2D eigenvalue weighted by Gasteiger charge is -2.35. The number of aromatic hydroxyl groups is 1. The van der Waals surface area contributed by atoms with E-state index in [2.05, 4.69) is 10.2 Å². The Labute approximate surface area is 112 Å². The van der Waals surface area contributed by atoms with E-state index in [0.29, 0.717) is 11.4 Å². The zero-order chi connectivity index (χ0) is 13.0. The summed E-state index contributed by atoms with van der Waals surface area (Å²) >= 11 is 5.95. The van der Waals surface area contributed by atoms with Crippen LogP contribution in [0.15, 0.2) is 18.2 Å². The Morgan fingerprint density at radius 1 is 1.33 bits per heavy atom. The molecular formula is C13H19ClN2O2. The molecule has 1 aliphatic rings. The van der Waals surface area contributed by atoms with Crippen molar-refractivity contribution in [3.05, 3.63) is 28.8 Å². The number of para-hydroxylation sites is 1. The molecule has 0 bridgehead atoms. The number of nitrogens with one attached hydrogen (secondary N) is 1. The van der Waals surface area contributed by atoms with Gasteiger partial charge in [0.15, 0.2) is 0 Å². The molecule has 0 spiro atoms. The molecule has 3 N–H and O–H groups in total. The van der Waals surface area contributed by atoms with Crippen molar-refractivity contribution in [2.45, 2.75) is 12.5 Å². The van der Waals surface area contributed by atoms with Crippen LogP contribution in [0, 0.1) is 0 Å². The molecule has 0 unspecified atom stereocenters. The highest BCUT2D eigenvalue weighted by Gasteiger charge is 2.24. The van der Waals surface area contributed by atoms with E-state index in [1.807, 2.05) is 12.1 Å². The Hall–Kier alpha value is -0.810. The smallest absolute Gasteiger partial charge is 0.138 e. The highest BCUT2D eigenvalue weighted by atomic mass is 35.5. The summed E-state index contributed by atoms with van der Waals surface area (Å²) in [6.45, 7) is 3.79. The summed E-state index contributed by atoms with van der Waals surface area (Å²) in [5.41, 5.74) is 0.804. The molecule has 4 nitrogen and oxygen atoms in total. The average Bonchev–Trinajstić information content (AvgIpc) is 2.41. The Morgan fingerprint density at radius 2 is 2.06 bits per heavy atom. The highest BCUT2D eigenvalue weighted by molar-refractivity contribution is 6.32. The van der Waals surface area contributed by atoms with Crippen LogP contribution >= 0.6 is 11.6 Å². The number of benzene rings is 1. The highest BCUT2D eigenvalue weighted by Crippen LogP contribution is 2.35. The number of hydrogen-bond acceptors (Lipinski definition) is 4. The van der Waals surface area contributed by atoms with Gasteiger partial charge in [0.05, 0.1) is 5.02 Å². The standard InChI is InChI=1S/C13H19ClN2O2/c14-11-3-1-2-10(13(11)18)12(4-9-17)16-7-5-15-6-8-16/h1-3,12,15,17-18H,4-9H2/t12-/m0/s1. The van der Waals surface area contributed by atoms with Crippen LogP contribution in [0.5, 0.6) is 5.75 Å². The number of rotatable bonds is 4. The zero-order valence-electron chi connectivity index (χ0n) is 10.3. The number of piperazine rings is 1. The summed E-state index contributed by atoms with van der Waals surface area (Å²) in [5.74, 6) is 0.135. The Kier molecular flexibility index (Phi) is 4.83. The van der Waals surface area contributed by atoms with Crippen LogP contribution in [-0.2, 0) is 0 Å². The van der Waals surface area contributed by atoms with E-state index in [1.165, 1.54) is 0 Å². The summed E-state index contributed by atoms with van der Waals surface area (Å²) in [7, 11) is 0. The molecule has 1 aromatic rings. The number of halogens is 1. The third-order valence-corrected chi connectivity index (χ3v) is 3.68. The van der Waals surface area contributed by atoms with E-state index in [0.717, 1.165) is 31.7 Å². The van der Waals surface area contributed by atoms with Crippen molar-refractivity contribution in [1.29, 1.82) is 0 Å². The van der Waals surface area contributed by atoms with Crippen LogP contribution in [0.1, 0.15) is 18.0 Å². The van der Waals surface area contributed by atoms with Crippen molar-refractivity contribution >= 4 is 11.6 Å². The van der Waals surface area contributed by atoms with Gasteiger partial charge in [-0.15, -0.1) is 0 Å². The SMILES string of the molecule is OCC[C@@H](c1cccc(Cl)c1O)N1CCNCC1. The van der Waals surface area contributed by atoms with Crippen molar-refractivity contribution in [3.63, 3.8) is 0 Å². The number of phenolic OH excluding ortho intramolecular Hbond substituents is 1. The fourth-order valence-corrected chi connectivity index (χ4v) is 2.63. The van der Waals surface area contributed by atoms with Gasteiger partial charge in [-0.2, -0.15) is 0 Å². The quantitative estimate of drug-likeness (QED) is 0.774. The molecule has 1 saturated heterocycles. The van der Waals surface area contributed by atoms with Gasteiger partial charge in [0.1, 0.15) is 5.75 Å². The third kappa shape index (κ3) is 2.95. The lowest BCUT2D eigenvalue weighted by atomic mass is 10.0. The van der Waals surface area contributed by atoms with Gasteiger partial charge in [-0.25, -0.2) is 0 Å². The van der Waals surface area contributed by atoms with E-state index in [9.17, 15) is 10.2 Å². The van der Waals surface area contributed by atoms with Crippen LogP contribution < -0.4 is 5.32 Å². The van der Waals surface area contributed by atoms with Gasteiger partial charge in [-0.1, -0.05) is 23.7 Å². The molecule has 0 amide bonds. The van der Waals surface area contributed by atoms with Crippen molar-refractivity contribution in [3.8, 4) is 5.75 Å². The first-order valence-electron chi connectivity index (χ1n) is 6.27. The van der Waals surface area contributed by atoms with Gasteiger partial charge >= 0.3 is 0 Å². The zero-order valence-corrected chi connectivity index (χ0v) is 11.0. The van der Waals surface area contributed by atoms with Gasteiger partial charge in [-0.05, 0) is 12.5 Å². The molecule has 0 saturated carbocycles. The van der Waals surface area contributed by atoms with Gasteiger partial charge in [-0.3, -0.25) is 4.90 Å². The molecule has 0 aliphatic carbocycles. The Morgan fingerprint density at radius 3 is 2.72 bits per heavy atom. The largest absolute Gasteiger partial charge is 0.506 e. The van der Waals surface area contributed by atoms with E-state index in [-0.39, 0.29) is 18.4 Å². The molecule has 1 aliphatic heterocycles. The molecule has 18 heavy (non-hydrogen) atoms. The molecule has 5 heteroatoms. The first-order chi connectivity index (χ1) is 8.74. The minimum Gasteiger partial charge on any atom is -0.506 e. The maximum absolute atomic E-state index is 10.1. The molecule has 1 aromatic carbocycles. The van der Waals surface area contributed by atoms with E-state index in [4.69, 9.17) is 11.6 Å². The molecule has 1 atom stereocenters. The van der Waals surface area contributed by atoms with Gasteiger partial charge in [0.2, 0.25) is 0 Å². The first kappa shape index (κ1) is 13.6.